The molecule has 2 aromatic heterocycles. The molecule has 0 radical (unpaired) electrons. The molecule has 0 spiro atoms. The number of hydrogen-bond donors (Lipinski definition) is 4. The van der Waals surface area contributed by atoms with Crippen LogP contribution in [0.1, 0.15) is 55.9 Å². The molecule has 48 heavy (non-hydrogen) atoms. The Balaban J connectivity index is 1.61. The predicted molar refractivity (Wildman–Crippen MR) is 169 cm³/mol. The summed E-state index contributed by atoms with van der Waals surface area (Å²) < 4.78 is 79.9. The van der Waals surface area contributed by atoms with Gasteiger partial charge >= 0.3 is 12.3 Å². The molecule has 0 unspecified atom stereocenters. The van der Waals surface area contributed by atoms with Crippen molar-refractivity contribution in [2.75, 3.05) is 23.8 Å². The SMILES string of the molecule is CCOc1cc(F)c(CNc2ccccc2C(=[NH2+])c2ncc(CCNC(=O)OC(C)(C)C)c(Nc3ccnc(C(F)(F)F)c3)n2)c(F)c1. The van der Waals surface area contributed by atoms with Crippen LogP contribution >= 0.6 is 0 Å². The van der Waals surface area contributed by atoms with E-state index in [0.717, 1.165) is 24.4 Å². The average molecular weight is 673 g/mol. The van der Waals surface area contributed by atoms with Gasteiger partial charge in [-0.05, 0) is 58.4 Å². The normalized spacial score (nSPS) is 11.5. The highest BCUT2D eigenvalue weighted by atomic mass is 19.4. The highest BCUT2D eigenvalue weighted by molar-refractivity contribution is 6.10. The molecule has 0 aliphatic rings. The standard InChI is InChI=1S/C33H34F5N7O3/c1-5-47-21-15-24(34)23(25(35)16-21)18-42-26-9-7-6-8-22(26)28(39)30-43-17-19(10-12-41-31(46)48-32(2,3)4)29(45-30)44-20-11-13-40-27(14-20)33(36,37)38/h6-9,11,13-17,39,42H,5,10,12,18H2,1-4H3,(H,41,46)(H,40,43,44,45)/p+1. The van der Waals surface area contributed by atoms with Crippen molar-refractivity contribution in [2.45, 2.75) is 52.4 Å². The van der Waals surface area contributed by atoms with Crippen molar-refractivity contribution in [3.8, 4) is 5.75 Å². The highest BCUT2D eigenvalue weighted by Gasteiger charge is 2.32. The maximum Gasteiger partial charge on any atom is 0.433 e. The Morgan fingerprint density at radius 3 is 2.38 bits per heavy atom. The number of para-hydroxylation sites is 1. The van der Waals surface area contributed by atoms with E-state index in [4.69, 9.17) is 14.9 Å². The van der Waals surface area contributed by atoms with Crippen molar-refractivity contribution in [1.29, 1.82) is 0 Å². The van der Waals surface area contributed by atoms with E-state index in [-0.39, 0.29) is 60.5 Å². The first kappa shape index (κ1) is 35.5. The molecule has 5 N–H and O–H groups in total. The zero-order chi connectivity index (χ0) is 35.1. The van der Waals surface area contributed by atoms with Gasteiger partial charge in [0.25, 0.3) is 5.71 Å². The number of carbonyl (C=O) groups is 1. The average Bonchev–Trinajstić information content (AvgIpc) is 3.00. The number of anilines is 3. The van der Waals surface area contributed by atoms with Crippen LogP contribution in [0.25, 0.3) is 0 Å². The minimum atomic E-state index is -4.68. The smallest absolute Gasteiger partial charge is 0.433 e. The van der Waals surface area contributed by atoms with Gasteiger partial charge in [0.15, 0.2) is 0 Å². The number of nitrogens with zero attached hydrogens (tertiary/aromatic N) is 3. The maximum atomic E-state index is 14.7. The highest BCUT2D eigenvalue weighted by Crippen LogP contribution is 2.30. The van der Waals surface area contributed by atoms with Crippen LogP contribution in [0.2, 0.25) is 0 Å². The van der Waals surface area contributed by atoms with Crippen molar-refractivity contribution in [2.24, 2.45) is 0 Å². The Morgan fingerprint density at radius 2 is 1.71 bits per heavy atom. The first-order valence-corrected chi connectivity index (χ1v) is 14.8. The first-order valence-electron chi connectivity index (χ1n) is 14.8. The molecule has 0 aliphatic heterocycles. The fourth-order valence-corrected chi connectivity index (χ4v) is 4.42. The lowest BCUT2D eigenvalue weighted by atomic mass is 10.1. The largest absolute Gasteiger partial charge is 0.494 e. The van der Waals surface area contributed by atoms with Crippen LogP contribution in [0.4, 0.5) is 43.9 Å². The predicted octanol–water partition coefficient (Wildman–Crippen LogP) is 5.59. The quantitative estimate of drug-likeness (QED) is 0.113. The molecular weight excluding hydrogens is 637 g/mol. The lowest BCUT2D eigenvalue weighted by Crippen LogP contribution is -2.42. The Kier molecular flexibility index (Phi) is 11.1. The van der Waals surface area contributed by atoms with E-state index in [9.17, 15) is 26.7 Å². The summed E-state index contributed by atoms with van der Waals surface area (Å²) in [7, 11) is 0. The van der Waals surface area contributed by atoms with Crippen LogP contribution in [0.5, 0.6) is 5.75 Å². The molecule has 10 nitrogen and oxygen atoms in total. The number of hydrogen-bond acceptors (Lipinski definition) is 8. The topological polar surface area (TPSA) is 136 Å². The molecule has 1 amide bonds. The summed E-state index contributed by atoms with van der Waals surface area (Å²) in [5, 5.41) is 15.0. The minimum absolute atomic E-state index is 0.0131. The Hall–Kier alpha value is -5.34. The van der Waals surface area contributed by atoms with E-state index < -0.39 is 35.2 Å². The number of alkyl carbamates (subject to hydrolysis) is 1. The summed E-state index contributed by atoms with van der Waals surface area (Å²) in [6, 6.07) is 11.1. The number of halogens is 5. The number of carbonyl (C=O) groups excluding carboxylic acids is 1. The summed E-state index contributed by atoms with van der Waals surface area (Å²) in [4.78, 5) is 24.4. The van der Waals surface area contributed by atoms with E-state index in [1.165, 1.54) is 12.3 Å². The van der Waals surface area contributed by atoms with Gasteiger partial charge in [-0.15, -0.1) is 0 Å². The van der Waals surface area contributed by atoms with E-state index >= 15 is 0 Å². The molecule has 15 heteroatoms. The maximum absolute atomic E-state index is 14.7. The van der Waals surface area contributed by atoms with Crippen molar-refractivity contribution >= 4 is 29.0 Å². The number of nitrogens with two attached hydrogens (primary N) is 1. The molecule has 0 atom stereocenters. The zero-order valence-corrected chi connectivity index (χ0v) is 26.6. The Morgan fingerprint density at radius 1 is 1.00 bits per heavy atom. The Bertz CT molecular complexity index is 1750. The second kappa shape index (κ2) is 15.0. The number of aromatic nitrogens is 3. The van der Waals surface area contributed by atoms with Gasteiger partial charge in [-0.25, -0.2) is 23.5 Å². The molecular formula is C33H35F5N7O3+. The summed E-state index contributed by atoms with van der Waals surface area (Å²) in [6.07, 6.45) is -2.71. The third kappa shape index (κ3) is 9.59. The van der Waals surface area contributed by atoms with Crippen LogP contribution in [0.3, 0.4) is 0 Å². The second-order valence-corrected chi connectivity index (χ2v) is 11.4. The number of alkyl halides is 3. The first-order chi connectivity index (χ1) is 22.6. The molecule has 0 bridgehead atoms. The number of nitrogens with one attached hydrogen (secondary N) is 3. The summed E-state index contributed by atoms with van der Waals surface area (Å²) in [5.41, 5.74) is -0.667. The van der Waals surface area contributed by atoms with Crippen LogP contribution in [-0.4, -0.2) is 45.5 Å². The summed E-state index contributed by atoms with van der Waals surface area (Å²) in [5.74, 6) is -1.38. The van der Waals surface area contributed by atoms with Gasteiger partial charge in [0.1, 0.15) is 34.5 Å². The number of ether oxygens (including phenoxy) is 2. The number of pyridine rings is 1. The molecule has 0 saturated heterocycles. The van der Waals surface area contributed by atoms with E-state index in [1.54, 1.807) is 52.0 Å². The third-order valence-corrected chi connectivity index (χ3v) is 6.58. The second-order valence-electron chi connectivity index (χ2n) is 11.4. The summed E-state index contributed by atoms with van der Waals surface area (Å²) in [6.45, 7) is 6.98. The van der Waals surface area contributed by atoms with Crippen LogP contribution in [0.15, 0.2) is 60.9 Å². The molecule has 2 heterocycles. The minimum Gasteiger partial charge on any atom is -0.494 e. The molecule has 254 valence electrons. The third-order valence-electron chi connectivity index (χ3n) is 6.58. The van der Waals surface area contributed by atoms with Crippen LogP contribution in [0, 0.1) is 11.6 Å². The fourth-order valence-electron chi connectivity index (χ4n) is 4.42. The Labute approximate surface area is 273 Å². The molecule has 0 aliphatic carbocycles. The molecule has 4 aromatic rings. The van der Waals surface area contributed by atoms with Crippen molar-refractivity contribution < 1.29 is 41.6 Å². The number of rotatable bonds is 12. The van der Waals surface area contributed by atoms with Crippen molar-refractivity contribution in [1.82, 2.24) is 20.3 Å². The van der Waals surface area contributed by atoms with Crippen molar-refractivity contribution in [3.63, 3.8) is 0 Å². The molecule has 0 fully saturated rings. The fraction of sp³-hybridized carbons (Fsp3) is 0.303. The lowest BCUT2D eigenvalue weighted by Gasteiger charge is -2.19. The van der Waals surface area contributed by atoms with Gasteiger partial charge in [-0.2, -0.15) is 13.2 Å². The zero-order valence-electron chi connectivity index (χ0n) is 26.6. The molecule has 0 saturated carbocycles. The molecule has 4 rings (SSSR count). The van der Waals surface area contributed by atoms with Gasteiger partial charge < -0.3 is 25.4 Å². The van der Waals surface area contributed by atoms with Gasteiger partial charge in [-0.3, -0.25) is 10.4 Å². The van der Waals surface area contributed by atoms with Gasteiger partial charge in [-0.1, -0.05) is 12.1 Å². The van der Waals surface area contributed by atoms with E-state index in [2.05, 4.69) is 30.9 Å². The van der Waals surface area contributed by atoms with Gasteiger partial charge in [0.05, 0.1) is 12.2 Å². The molecule has 2 aromatic carbocycles. The summed E-state index contributed by atoms with van der Waals surface area (Å²) >= 11 is 0. The monoisotopic (exact) mass is 672 g/mol. The van der Waals surface area contributed by atoms with Crippen LogP contribution < -0.4 is 26.1 Å². The van der Waals surface area contributed by atoms with E-state index in [1.807, 2.05) is 0 Å². The lowest BCUT2D eigenvalue weighted by molar-refractivity contribution is -0.141. The van der Waals surface area contributed by atoms with E-state index in [0.29, 0.717) is 16.8 Å². The van der Waals surface area contributed by atoms with Gasteiger partial charge in [0, 0.05) is 60.1 Å². The van der Waals surface area contributed by atoms with Gasteiger partial charge in [0.2, 0.25) is 5.82 Å². The number of amides is 1. The van der Waals surface area contributed by atoms with Crippen LogP contribution in [-0.2, 0) is 23.9 Å². The van der Waals surface area contributed by atoms with Crippen molar-refractivity contribution in [3.05, 3.63) is 101 Å². The number of benzene rings is 2.